The van der Waals surface area contributed by atoms with Gasteiger partial charge >= 0.3 is 0 Å². The van der Waals surface area contributed by atoms with Crippen molar-refractivity contribution in [3.05, 3.63) is 59.9 Å². The van der Waals surface area contributed by atoms with E-state index in [4.69, 9.17) is 9.47 Å². The molecule has 7 nitrogen and oxygen atoms in total. The summed E-state index contributed by atoms with van der Waals surface area (Å²) in [7, 11) is 3.16. The Labute approximate surface area is 195 Å². The van der Waals surface area contributed by atoms with Crippen LogP contribution in [-0.2, 0) is 4.79 Å². The van der Waals surface area contributed by atoms with Gasteiger partial charge in [0.2, 0.25) is 5.91 Å². The summed E-state index contributed by atoms with van der Waals surface area (Å²) in [6.45, 7) is 2.17. The predicted molar refractivity (Wildman–Crippen MR) is 128 cm³/mol. The maximum Gasteiger partial charge on any atom is 0.257 e. The molecule has 1 aliphatic heterocycles. The summed E-state index contributed by atoms with van der Waals surface area (Å²) in [6, 6.07) is 9.05. The summed E-state index contributed by atoms with van der Waals surface area (Å²) in [6.07, 6.45) is 11.9. The molecule has 1 N–H and O–H groups in total. The number of rotatable bonds is 10. The zero-order valence-electron chi connectivity index (χ0n) is 19.5. The maximum atomic E-state index is 13.0. The third-order valence-corrected chi connectivity index (χ3v) is 5.99. The average Bonchev–Trinajstić information content (AvgIpc) is 2.87. The lowest BCUT2D eigenvalue weighted by atomic mass is 9.91. The molecule has 33 heavy (non-hydrogen) atoms. The number of benzene rings is 1. The number of nitrogens with zero attached hydrogens (tertiary/aromatic N) is 2. The van der Waals surface area contributed by atoms with E-state index in [0.717, 1.165) is 50.8 Å². The third kappa shape index (κ3) is 7.34. The number of methoxy groups -OCH3 is 2. The van der Waals surface area contributed by atoms with Crippen LogP contribution < -0.4 is 14.8 Å². The molecule has 0 saturated carbocycles. The summed E-state index contributed by atoms with van der Waals surface area (Å²) < 4.78 is 10.6. The highest BCUT2D eigenvalue weighted by molar-refractivity contribution is 5.97. The van der Waals surface area contributed by atoms with Gasteiger partial charge in [-0.15, -0.1) is 0 Å². The molecule has 1 fully saturated rings. The Bertz CT molecular complexity index is 938. The second kappa shape index (κ2) is 12.6. The number of carbonyl (C=O) groups excluding carboxylic acids is 2. The number of hydrogen-bond donors (Lipinski definition) is 1. The Morgan fingerprint density at radius 1 is 1.15 bits per heavy atom. The van der Waals surface area contributed by atoms with E-state index in [1.807, 2.05) is 17.0 Å². The molecule has 1 saturated heterocycles. The largest absolute Gasteiger partial charge is 0.497 e. The third-order valence-electron chi connectivity index (χ3n) is 5.99. The lowest BCUT2D eigenvalue weighted by Crippen LogP contribution is -2.38. The molecule has 1 aliphatic rings. The molecule has 3 rings (SSSR count). The summed E-state index contributed by atoms with van der Waals surface area (Å²) in [5, 5.41) is 2.93. The molecule has 0 aliphatic carbocycles. The van der Waals surface area contributed by atoms with Crippen LogP contribution in [-0.4, -0.2) is 55.6 Å². The molecule has 176 valence electrons. The Kier molecular flexibility index (Phi) is 9.30. The van der Waals surface area contributed by atoms with Crippen LogP contribution in [0, 0.1) is 5.92 Å². The van der Waals surface area contributed by atoms with Gasteiger partial charge in [0.05, 0.1) is 19.8 Å². The molecule has 2 amide bonds. The first-order chi connectivity index (χ1) is 16.1. The van der Waals surface area contributed by atoms with Gasteiger partial charge in [-0.25, -0.2) is 0 Å². The predicted octanol–water partition coefficient (Wildman–Crippen LogP) is 3.95. The van der Waals surface area contributed by atoms with Crippen molar-refractivity contribution in [3.63, 3.8) is 0 Å². The fourth-order valence-electron chi connectivity index (χ4n) is 4.05. The van der Waals surface area contributed by atoms with Crippen LogP contribution in [0.4, 0.5) is 0 Å². The zero-order chi connectivity index (χ0) is 23.5. The van der Waals surface area contributed by atoms with Crippen molar-refractivity contribution in [2.24, 2.45) is 5.92 Å². The van der Waals surface area contributed by atoms with E-state index in [2.05, 4.69) is 10.3 Å². The fraction of sp³-hybridized carbons (Fsp3) is 0.423. The van der Waals surface area contributed by atoms with Crippen molar-refractivity contribution in [1.29, 1.82) is 0 Å². The van der Waals surface area contributed by atoms with Gasteiger partial charge in [0.1, 0.15) is 11.5 Å². The highest BCUT2D eigenvalue weighted by atomic mass is 16.5. The summed E-state index contributed by atoms with van der Waals surface area (Å²) in [5.74, 6) is 1.74. The number of piperidine rings is 1. The van der Waals surface area contributed by atoms with Crippen molar-refractivity contribution in [2.75, 3.05) is 33.9 Å². The highest BCUT2D eigenvalue weighted by Gasteiger charge is 2.25. The average molecular weight is 452 g/mol. The van der Waals surface area contributed by atoms with Gasteiger partial charge < -0.3 is 19.7 Å². The van der Waals surface area contributed by atoms with Crippen molar-refractivity contribution in [1.82, 2.24) is 15.2 Å². The molecule has 7 heteroatoms. The van der Waals surface area contributed by atoms with E-state index >= 15 is 0 Å². The van der Waals surface area contributed by atoms with Crippen LogP contribution in [0.15, 0.2) is 48.8 Å². The van der Waals surface area contributed by atoms with Crippen LogP contribution in [0.2, 0.25) is 0 Å². The number of pyridine rings is 1. The minimum atomic E-state index is -0.0846. The van der Waals surface area contributed by atoms with Gasteiger partial charge in [0.25, 0.3) is 5.91 Å². The lowest BCUT2D eigenvalue weighted by Gasteiger charge is -2.32. The first kappa shape index (κ1) is 24.3. The minimum Gasteiger partial charge on any atom is -0.497 e. The first-order valence-corrected chi connectivity index (χ1v) is 11.5. The van der Waals surface area contributed by atoms with Crippen molar-refractivity contribution in [3.8, 4) is 11.5 Å². The Morgan fingerprint density at radius 2 is 1.97 bits per heavy atom. The van der Waals surface area contributed by atoms with Gasteiger partial charge in [-0.1, -0.05) is 18.9 Å². The van der Waals surface area contributed by atoms with Gasteiger partial charge in [-0.2, -0.15) is 0 Å². The van der Waals surface area contributed by atoms with Gasteiger partial charge in [0.15, 0.2) is 0 Å². The molecule has 0 unspecified atom stereocenters. The molecule has 2 heterocycles. The summed E-state index contributed by atoms with van der Waals surface area (Å²) in [4.78, 5) is 30.8. The first-order valence-electron chi connectivity index (χ1n) is 11.5. The number of ether oxygens (including phenoxy) is 2. The van der Waals surface area contributed by atoms with Crippen LogP contribution in [0.3, 0.4) is 0 Å². The Balaban J connectivity index is 1.34. The molecule has 0 atom stereocenters. The number of hydrogen-bond acceptors (Lipinski definition) is 5. The molecule has 0 spiro atoms. The van der Waals surface area contributed by atoms with Gasteiger partial charge in [-0.3, -0.25) is 14.6 Å². The SMILES string of the molecule is COc1ccc(OC)c(C(=O)N2CCC(CCCCNC(=O)/C=C/c3cccnc3)CC2)c1. The van der Waals surface area contributed by atoms with Crippen LogP contribution >= 0.6 is 0 Å². The Morgan fingerprint density at radius 3 is 2.67 bits per heavy atom. The van der Waals surface area contributed by atoms with E-state index in [1.54, 1.807) is 57.0 Å². The molecule has 0 bridgehead atoms. The second-order valence-corrected chi connectivity index (χ2v) is 8.21. The second-order valence-electron chi connectivity index (χ2n) is 8.21. The van der Waals surface area contributed by atoms with E-state index in [-0.39, 0.29) is 11.8 Å². The lowest BCUT2D eigenvalue weighted by molar-refractivity contribution is -0.116. The van der Waals surface area contributed by atoms with Crippen molar-refractivity contribution < 1.29 is 19.1 Å². The van der Waals surface area contributed by atoms with Crippen LogP contribution in [0.25, 0.3) is 6.08 Å². The van der Waals surface area contributed by atoms with E-state index in [0.29, 0.717) is 29.5 Å². The maximum absolute atomic E-state index is 13.0. The van der Waals surface area contributed by atoms with Crippen molar-refractivity contribution >= 4 is 17.9 Å². The molecule has 1 aromatic heterocycles. The van der Waals surface area contributed by atoms with Crippen LogP contribution in [0.5, 0.6) is 11.5 Å². The number of unbranched alkanes of at least 4 members (excludes halogenated alkanes) is 1. The van der Waals surface area contributed by atoms with E-state index in [9.17, 15) is 9.59 Å². The topological polar surface area (TPSA) is 80.8 Å². The number of carbonyl (C=O) groups is 2. The minimum absolute atomic E-state index is 0.00810. The standard InChI is InChI=1S/C26H33N3O4/c1-32-22-9-10-24(33-2)23(18-22)26(31)29-16-12-20(13-17-29)6-3-4-15-28-25(30)11-8-21-7-5-14-27-19-21/h5,7-11,14,18-20H,3-4,6,12-13,15-17H2,1-2H3,(H,28,30)/b11-8+. The number of aromatic nitrogens is 1. The summed E-state index contributed by atoms with van der Waals surface area (Å²) in [5.41, 5.74) is 1.45. The molecular formula is C26H33N3O4. The highest BCUT2D eigenvalue weighted by Crippen LogP contribution is 2.28. The molecule has 2 aromatic rings. The number of amides is 2. The quantitative estimate of drug-likeness (QED) is 0.437. The number of likely N-dealkylation sites (tertiary alicyclic amines) is 1. The van der Waals surface area contributed by atoms with E-state index in [1.165, 1.54) is 0 Å². The normalized spacial score (nSPS) is 14.3. The zero-order valence-corrected chi connectivity index (χ0v) is 19.5. The smallest absolute Gasteiger partial charge is 0.257 e. The number of nitrogens with one attached hydrogen (secondary N) is 1. The van der Waals surface area contributed by atoms with E-state index < -0.39 is 0 Å². The van der Waals surface area contributed by atoms with Gasteiger partial charge in [0, 0.05) is 38.1 Å². The molecule has 1 aromatic carbocycles. The van der Waals surface area contributed by atoms with Crippen LogP contribution in [0.1, 0.15) is 48.0 Å². The Hall–Kier alpha value is -3.35. The van der Waals surface area contributed by atoms with Gasteiger partial charge in [-0.05, 0) is 61.1 Å². The monoisotopic (exact) mass is 451 g/mol. The molecule has 0 radical (unpaired) electrons. The van der Waals surface area contributed by atoms with Crippen molar-refractivity contribution in [2.45, 2.75) is 32.1 Å². The fourth-order valence-corrected chi connectivity index (χ4v) is 4.05. The summed E-state index contributed by atoms with van der Waals surface area (Å²) >= 11 is 0. The molecular weight excluding hydrogens is 418 g/mol.